The van der Waals surface area contributed by atoms with Gasteiger partial charge in [-0.15, -0.1) is 11.3 Å². The Morgan fingerprint density at radius 3 is 2.59 bits per heavy atom. The van der Waals surface area contributed by atoms with E-state index in [1.54, 1.807) is 11.3 Å². The fourth-order valence-corrected chi connectivity index (χ4v) is 3.58. The van der Waals surface area contributed by atoms with E-state index in [-0.39, 0.29) is 5.91 Å². The summed E-state index contributed by atoms with van der Waals surface area (Å²) in [5, 5.41) is 6.66. The molecule has 0 atom stereocenters. The highest BCUT2D eigenvalue weighted by Crippen LogP contribution is 2.25. The van der Waals surface area contributed by atoms with Crippen molar-refractivity contribution < 1.29 is 9.53 Å². The van der Waals surface area contributed by atoms with Crippen LogP contribution in [0.2, 0.25) is 5.02 Å². The summed E-state index contributed by atoms with van der Waals surface area (Å²) in [6, 6.07) is 15.3. The summed E-state index contributed by atoms with van der Waals surface area (Å²) in [5.74, 6) is 0.828. The molecule has 1 amide bonds. The number of ether oxygens (including phenoxy) is 1. The van der Waals surface area contributed by atoms with Crippen molar-refractivity contribution >= 4 is 28.8 Å². The molecule has 0 radical (unpaired) electrons. The summed E-state index contributed by atoms with van der Waals surface area (Å²) in [7, 11) is 0. The first-order valence-electron chi connectivity index (χ1n) is 8.83. The minimum atomic E-state index is 0.00677. The highest BCUT2D eigenvalue weighted by molar-refractivity contribution is 7.13. The third-order valence-corrected chi connectivity index (χ3v) is 5.14. The molecule has 140 valence electrons. The SMILES string of the molecule is CCOc1ccc(CC(=O)NCCc2csc(-c3ccc(Cl)cc3)n2)cc1. The van der Waals surface area contributed by atoms with Gasteiger partial charge in [-0.1, -0.05) is 35.9 Å². The number of benzene rings is 2. The molecule has 1 aromatic heterocycles. The van der Waals surface area contributed by atoms with Crippen LogP contribution in [0.1, 0.15) is 18.2 Å². The number of thiazole rings is 1. The Labute approximate surface area is 168 Å². The lowest BCUT2D eigenvalue weighted by Crippen LogP contribution is -2.27. The van der Waals surface area contributed by atoms with Gasteiger partial charge in [0.1, 0.15) is 10.8 Å². The number of halogens is 1. The average Bonchev–Trinajstić information content (AvgIpc) is 3.13. The van der Waals surface area contributed by atoms with Crippen molar-refractivity contribution in [2.45, 2.75) is 19.8 Å². The van der Waals surface area contributed by atoms with Crippen LogP contribution in [-0.4, -0.2) is 24.0 Å². The molecule has 6 heteroatoms. The minimum Gasteiger partial charge on any atom is -0.494 e. The van der Waals surface area contributed by atoms with Crippen molar-refractivity contribution in [2.75, 3.05) is 13.2 Å². The van der Waals surface area contributed by atoms with Crippen molar-refractivity contribution in [3.8, 4) is 16.3 Å². The number of nitrogens with one attached hydrogen (secondary N) is 1. The van der Waals surface area contributed by atoms with E-state index in [4.69, 9.17) is 16.3 Å². The van der Waals surface area contributed by atoms with Crippen LogP contribution in [0.3, 0.4) is 0 Å². The average molecular weight is 401 g/mol. The molecule has 4 nitrogen and oxygen atoms in total. The molecule has 0 saturated heterocycles. The molecule has 1 N–H and O–H groups in total. The number of hydrogen-bond acceptors (Lipinski definition) is 4. The van der Waals surface area contributed by atoms with Gasteiger partial charge in [0.25, 0.3) is 0 Å². The molecular formula is C21H21ClN2O2S. The number of aromatic nitrogens is 1. The second-order valence-electron chi connectivity index (χ2n) is 6.00. The number of carbonyl (C=O) groups is 1. The molecule has 0 aliphatic rings. The number of hydrogen-bond donors (Lipinski definition) is 1. The highest BCUT2D eigenvalue weighted by atomic mass is 35.5. The van der Waals surface area contributed by atoms with E-state index < -0.39 is 0 Å². The van der Waals surface area contributed by atoms with E-state index in [2.05, 4.69) is 10.3 Å². The van der Waals surface area contributed by atoms with E-state index >= 15 is 0 Å². The van der Waals surface area contributed by atoms with Gasteiger partial charge in [0.2, 0.25) is 5.91 Å². The smallest absolute Gasteiger partial charge is 0.224 e. The van der Waals surface area contributed by atoms with Gasteiger partial charge in [0.15, 0.2) is 0 Å². The van der Waals surface area contributed by atoms with Gasteiger partial charge < -0.3 is 10.1 Å². The Balaban J connectivity index is 1.45. The van der Waals surface area contributed by atoms with Gasteiger partial charge >= 0.3 is 0 Å². The van der Waals surface area contributed by atoms with Crippen LogP contribution in [0, 0.1) is 0 Å². The Morgan fingerprint density at radius 1 is 1.15 bits per heavy atom. The minimum absolute atomic E-state index is 0.00677. The fourth-order valence-electron chi connectivity index (χ4n) is 2.59. The first-order chi connectivity index (χ1) is 13.1. The van der Waals surface area contributed by atoms with Crippen molar-refractivity contribution in [3.63, 3.8) is 0 Å². The van der Waals surface area contributed by atoms with Gasteiger partial charge in [-0.2, -0.15) is 0 Å². The van der Waals surface area contributed by atoms with E-state index in [1.807, 2.05) is 60.8 Å². The van der Waals surface area contributed by atoms with Crippen molar-refractivity contribution in [1.82, 2.24) is 10.3 Å². The Morgan fingerprint density at radius 2 is 1.89 bits per heavy atom. The van der Waals surface area contributed by atoms with Crippen LogP contribution in [-0.2, 0) is 17.6 Å². The Hall–Kier alpha value is -2.37. The molecule has 3 aromatic rings. The highest BCUT2D eigenvalue weighted by Gasteiger charge is 2.07. The molecule has 1 heterocycles. The molecular weight excluding hydrogens is 380 g/mol. The van der Waals surface area contributed by atoms with Gasteiger partial charge in [0, 0.05) is 28.9 Å². The normalized spacial score (nSPS) is 10.6. The molecule has 3 rings (SSSR count). The first-order valence-corrected chi connectivity index (χ1v) is 10.1. The van der Waals surface area contributed by atoms with E-state index in [0.29, 0.717) is 31.0 Å². The molecule has 0 saturated carbocycles. The van der Waals surface area contributed by atoms with E-state index in [9.17, 15) is 4.79 Å². The molecule has 0 fully saturated rings. The summed E-state index contributed by atoms with van der Waals surface area (Å²) in [5.41, 5.74) is 3.00. The topological polar surface area (TPSA) is 51.2 Å². The molecule has 0 bridgehead atoms. The molecule has 0 aliphatic carbocycles. The van der Waals surface area contributed by atoms with Gasteiger partial charge in [-0.3, -0.25) is 4.79 Å². The van der Waals surface area contributed by atoms with Gasteiger partial charge in [-0.05, 0) is 36.8 Å². The molecule has 0 aliphatic heterocycles. The zero-order valence-electron chi connectivity index (χ0n) is 15.1. The molecule has 0 unspecified atom stereocenters. The lowest BCUT2D eigenvalue weighted by Gasteiger charge is -2.06. The maximum Gasteiger partial charge on any atom is 0.224 e. The zero-order chi connectivity index (χ0) is 19.1. The fraction of sp³-hybridized carbons (Fsp3) is 0.238. The largest absolute Gasteiger partial charge is 0.494 e. The van der Waals surface area contributed by atoms with Crippen LogP contribution in [0.4, 0.5) is 0 Å². The quantitative estimate of drug-likeness (QED) is 0.592. The van der Waals surface area contributed by atoms with Crippen molar-refractivity contribution in [1.29, 1.82) is 0 Å². The summed E-state index contributed by atoms with van der Waals surface area (Å²) in [6.07, 6.45) is 1.07. The van der Waals surface area contributed by atoms with Crippen LogP contribution < -0.4 is 10.1 Å². The lowest BCUT2D eigenvalue weighted by atomic mass is 10.1. The van der Waals surface area contributed by atoms with Crippen LogP contribution in [0.15, 0.2) is 53.9 Å². The summed E-state index contributed by atoms with van der Waals surface area (Å²) >= 11 is 7.52. The third kappa shape index (κ3) is 5.81. The van der Waals surface area contributed by atoms with Crippen molar-refractivity contribution in [3.05, 3.63) is 70.2 Å². The first kappa shape index (κ1) is 19.4. The summed E-state index contributed by atoms with van der Waals surface area (Å²) in [6.45, 7) is 3.15. The second kappa shape index (κ2) is 9.53. The predicted octanol–water partition coefficient (Wildman–Crippen LogP) is 4.76. The zero-order valence-corrected chi connectivity index (χ0v) is 16.6. The van der Waals surface area contributed by atoms with Crippen LogP contribution in [0.25, 0.3) is 10.6 Å². The van der Waals surface area contributed by atoms with Crippen LogP contribution >= 0.6 is 22.9 Å². The predicted molar refractivity (Wildman–Crippen MR) is 111 cm³/mol. The molecule has 2 aromatic carbocycles. The van der Waals surface area contributed by atoms with Crippen LogP contribution in [0.5, 0.6) is 5.75 Å². The lowest BCUT2D eigenvalue weighted by molar-refractivity contribution is -0.120. The Kier molecular flexibility index (Phi) is 6.85. The molecule has 0 spiro atoms. The molecule has 27 heavy (non-hydrogen) atoms. The number of rotatable bonds is 8. The maximum absolute atomic E-state index is 12.1. The third-order valence-electron chi connectivity index (χ3n) is 3.95. The maximum atomic E-state index is 12.1. The van der Waals surface area contributed by atoms with Crippen molar-refractivity contribution in [2.24, 2.45) is 0 Å². The summed E-state index contributed by atoms with van der Waals surface area (Å²) < 4.78 is 5.41. The number of nitrogens with zero attached hydrogens (tertiary/aromatic N) is 1. The monoisotopic (exact) mass is 400 g/mol. The van der Waals surface area contributed by atoms with E-state index in [1.165, 1.54) is 0 Å². The Bertz CT molecular complexity index is 876. The van der Waals surface area contributed by atoms with Gasteiger partial charge in [-0.25, -0.2) is 4.98 Å². The van der Waals surface area contributed by atoms with E-state index in [0.717, 1.165) is 27.6 Å². The summed E-state index contributed by atoms with van der Waals surface area (Å²) in [4.78, 5) is 16.7. The second-order valence-corrected chi connectivity index (χ2v) is 7.30. The number of amides is 1. The standard InChI is InChI=1S/C21H21ClN2O2S/c1-2-26-19-9-3-15(4-10-19)13-20(25)23-12-11-18-14-27-21(24-18)16-5-7-17(22)8-6-16/h3-10,14H,2,11-13H2,1H3,(H,23,25). The number of carbonyl (C=O) groups excluding carboxylic acids is 1. The van der Waals surface area contributed by atoms with Gasteiger partial charge in [0.05, 0.1) is 18.7 Å².